The first-order chi connectivity index (χ1) is 12.2. The molecule has 3 rings (SSSR count). The first-order valence-electron chi connectivity index (χ1n) is 7.87. The summed E-state index contributed by atoms with van der Waals surface area (Å²) in [5.41, 5.74) is 2.45. The first kappa shape index (κ1) is 17.0. The number of hydrogen-bond donors (Lipinski definition) is 1. The molecule has 0 unspecified atom stereocenters. The molecule has 6 nitrogen and oxygen atoms in total. The van der Waals surface area contributed by atoms with Crippen LogP contribution in [0.5, 0.6) is 5.75 Å². The molecule has 0 saturated carbocycles. The van der Waals surface area contributed by atoms with Gasteiger partial charge in [0, 0.05) is 36.4 Å². The van der Waals surface area contributed by atoms with Gasteiger partial charge < -0.3 is 10.1 Å². The first-order valence-corrected chi connectivity index (χ1v) is 8.75. The SMILES string of the molecule is Cc1ccc(OCc2nc(CCNC(=O)c3cccnc3)cs2)cn1. The maximum absolute atomic E-state index is 11.9. The number of nitrogens with one attached hydrogen (secondary N) is 1. The lowest BCUT2D eigenvalue weighted by Gasteiger charge is -2.04. The van der Waals surface area contributed by atoms with Crippen molar-refractivity contribution in [2.45, 2.75) is 20.0 Å². The van der Waals surface area contributed by atoms with Crippen LogP contribution in [0, 0.1) is 6.92 Å². The molecule has 25 heavy (non-hydrogen) atoms. The number of thiazole rings is 1. The van der Waals surface area contributed by atoms with Crippen LogP contribution in [0.15, 0.2) is 48.2 Å². The van der Waals surface area contributed by atoms with Gasteiger partial charge in [0.25, 0.3) is 5.91 Å². The van der Waals surface area contributed by atoms with E-state index in [1.807, 2.05) is 24.4 Å². The number of ether oxygens (including phenoxy) is 1. The summed E-state index contributed by atoms with van der Waals surface area (Å²) in [6, 6.07) is 7.28. The van der Waals surface area contributed by atoms with Crippen molar-refractivity contribution in [2.24, 2.45) is 0 Å². The van der Waals surface area contributed by atoms with Crippen LogP contribution in [0.3, 0.4) is 0 Å². The molecule has 0 spiro atoms. The Morgan fingerprint density at radius 1 is 1.28 bits per heavy atom. The van der Waals surface area contributed by atoms with E-state index in [2.05, 4.69) is 20.3 Å². The predicted octanol–water partition coefficient (Wildman–Crippen LogP) is 2.79. The van der Waals surface area contributed by atoms with Crippen molar-refractivity contribution in [2.75, 3.05) is 6.54 Å². The Hall–Kier alpha value is -2.80. The van der Waals surface area contributed by atoms with Crippen LogP contribution in [0.25, 0.3) is 0 Å². The largest absolute Gasteiger partial charge is 0.485 e. The Balaban J connectivity index is 1.44. The summed E-state index contributed by atoms with van der Waals surface area (Å²) in [7, 11) is 0. The van der Waals surface area contributed by atoms with Gasteiger partial charge in [-0.15, -0.1) is 11.3 Å². The molecule has 1 N–H and O–H groups in total. The summed E-state index contributed by atoms with van der Waals surface area (Å²) < 4.78 is 5.67. The highest BCUT2D eigenvalue weighted by Crippen LogP contribution is 2.15. The minimum atomic E-state index is -0.126. The van der Waals surface area contributed by atoms with Crippen LogP contribution < -0.4 is 10.1 Å². The third kappa shape index (κ3) is 5.09. The fourth-order valence-electron chi connectivity index (χ4n) is 2.12. The van der Waals surface area contributed by atoms with Crippen LogP contribution >= 0.6 is 11.3 Å². The highest BCUT2D eigenvalue weighted by molar-refractivity contribution is 7.09. The van der Waals surface area contributed by atoms with E-state index < -0.39 is 0 Å². The molecule has 1 amide bonds. The zero-order valence-corrected chi connectivity index (χ0v) is 14.6. The van der Waals surface area contributed by atoms with E-state index in [1.54, 1.807) is 42.1 Å². The van der Waals surface area contributed by atoms with Crippen LogP contribution in [0.4, 0.5) is 0 Å². The standard InChI is InChI=1S/C18H18N4O2S/c1-13-4-5-16(10-21-13)24-11-17-22-15(12-25-17)6-8-20-18(23)14-3-2-7-19-9-14/h2-5,7,9-10,12H,6,8,11H2,1H3,(H,20,23). The van der Waals surface area contributed by atoms with E-state index in [4.69, 9.17) is 4.74 Å². The van der Waals surface area contributed by atoms with E-state index in [0.717, 1.165) is 22.1 Å². The molecule has 0 bridgehead atoms. The van der Waals surface area contributed by atoms with Gasteiger partial charge in [-0.3, -0.25) is 14.8 Å². The zero-order valence-electron chi connectivity index (χ0n) is 13.8. The highest BCUT2D eigenvalue weighted by Gasteiger charge is 2.06. The molecule has 128 valence electrons. The highest BCUT2D eigenvalue weighted by atomic mass is 32.1. The number of carbonyl (C=O) groups is 1. The number of hydrogen-bond acceptors (Lipinski definition) is 6. The van der Waals surface area contributed by atoms with E-state index in [1.165, 1.54) is 0 Å². The van der Waals surface area contributed by atoms with E-state index >= 15 is 0 Å². The van der Waals surface area contributed by atoms with Gasteiger partial charge in [-0.25, -0.2) is 4.98 Å². The molecule has 0 aromatic carbocycles. The normalized spacial score (nSPS) is 10.4. The third-order valence-electron chi connectivity index (χ3n) is 3.44. The summed E-state index contributed by atoms with van der Waals surface area (Å²) in [5.74, 6) is 0.602. The van der Waals surface area contributed by atoms with Gasteiger partial charge in [-0.1, -0.05) is 0 Å². The lowest BCUT2D eigenvalue weighted by Crippen LogP contribution is -2.25. The summed E-state index contributed by atoms with van der Waals surface area (Å²) in [6.07, 6.45) is 5.57. The lowest BCUT2D eigenvalue weighted by molar-refractivity contribution is 0.0953. The predicted molar refractivity (Wildman–Crippen MR) is 95.7 cm³/mol. The molecule has 3 heterocycles. The maximum atomic E-state index is 11.9. The molecule has 7 heteroatoms. The molecule has 0 aliphatic rings. The number of nitrogens with zero attached hydrogens (tertiary/aromatic N) is 3. The number of amides is 1. The fourth-order valence-corrected chi connectivity index (χ4v) is 2.86. The maximum Gasteiger partial charge on any atom is 0.252 e. The summed E-state index contributed by atoms with van der Waals surface area (Å²) in [6.45, 7) is 2.88. The van der Waals surface area contributed by atoms with E-state index in [-0.39, 0.29) is 5.91 Å². The summed E-state index contributed by atoms with van der Waals surface area (Å²) in [4.78, 5) is 24.6. The molecule has 0 fully saturated rings. The van der Waals surface area contributed by atoms with E-state index in [0.29, 0.717) is 25.1 Å². The molecule has 0 saturated heterocycles. The molecule has 0 aliphatic heterocycles. The third-order valence-corrected chi connectivity index (χ3v) is 4.31. The molecular formula is C18H18N4O2S. The average molecular weight is 354 g/mol. The van der Waals surface area contributed by atoms with Crippen molar-refractivity contribution in [1.82, 2.24) is 20.3 Å². The van der Waals surface area contributed by atoms with Crippen molar-refractivity contribution in [3.05, 3.63) is 70.2 Å². The summed E-state index contributed by atoms with van der Waals surface area (Å²) in [5, 5.41) is 5.75. The minimum Gasteiger partial charge on any atom is -0.485 e. The molecule has 0 atom stereocenters. The van der Waals surface area contributed by atoms with Crippen molar-refractivity contribution < 1.29 is 9.53 Å². The Morgan fingerprint density at radius 2 is 2.20 bits per heavy atom. The average Bonchev–Trinajstić information content (AvgIpc) is 3.10. The van der Waals surface area contributed by atoms with Crippen LogP contribution in [-0.4, -0.2) is 27.4 Å². The molecule has 3 aromatic heterocycles. The van der Waals surface area contributed by atoms with Gasteiger partial charge in [-0.05, 0) is 31.2 Å². The number of carbonyl (C=O) groups excluding carboxylic acids is 1. The van der Waals surface area contributed by atoms with Crippen LogP contribution in [0.2, 0.25) is 0 Å². The lowest BCUT2D eigenvalue weighted by atomic mass is 10.2. The molecule has 0 aliphatic carbocycles. The van der Waals surface area contributed by atoms with Crippen molar-refractivity contribution in [3.63, 3.8) is 0 Å². The molecule has 3 aromatic rings. The Morgan fingerprint density at radius 3 is 2.96 bits per heavy atom. The van der Waals surface area contributed by atoms with Crippen molar-refractivity contribution in [3.8, 4) is 5.75 Å². The van der Waals surface area contributed by atoms with Gasteiger partial charge in [-0.2, -0.15) is 0 Å². The van der Waals surface area contributed by atoms with Crippen molar-refractivity contribution in [1.29, 1.82) is 0 Å². The Labute approximate surface area is 149 Å². The minimum absolute atomic E-state index is 0.126. The van der Waals surface area contributed by atoms with Crippen molar-refractivity contribution >= 4 is 17.2 Å². The number of rotatable bonds is 7. The fraction of sp³-hybridized carbons (Fsp3) is 0.222. The van der Waals surface area contributed by atoms with Gasteiger partial charge in [0.1, 0.15) is 17.4 Å². The monoisotopic (exact) mass is 354 g/mol. The van der Waals surface area contributed by atoms with E-state index in [9.17, 15) is 4.79 Å². The number of pyridine rings is 2. The molecule has 0 radical (unpaired) electrons. The van der Waals surface area contributed by atoms with Gasteiger partial charge >= 0.3 is 0 Å². The Bertz CT molecular complexity index is 819. The van der Waals surface area contributed by atoms with Gasteiger partial charge in [0.15, 0.2) is 0 Å². The number of aryl methyl sites for hydroxylation is 1. The molecular weight excluding hydrogens is 336 g/mol. The van der Waals surface area contributed by atoms with Gasteiger partial charge in [0.2, 0.25) is 0 Å². The quantitative estimate of drug-likeness (QED) is 0.706. The van der Waals surface area contributed by atoms with Crippen LogP contribution in [-0.2, 0) is 13.0 Å². The topological polar surface area (TPSA) is 77.0 Å². The second-order valence-electron chi connectivity index (χ2n) is 5.40. The van der Waals surface area contributed by atoms with Gasteiger partial charge in [0.05, 0.1) is 17.5 Å². The number of aromatic nitrogens is 3. The second-order valence-corrected chi connectivity index (χ2v) is 6.35. The Kier molecular flexibility index (Phi) is 5.69. The summed E-state index contributed by atoms with van der Waals surface area (Å²) >= 11 is 1.55. The smallest absolute Gasteiger partial charge is 0.252 e. The second kappa shape index (κ2) is 8.34. The zero-order chi connectivity index (χ0) is 17.5. The van der Waals surface area contributed by atoms with Crippen LogP contribution in [0.1, 0.15) is 26.8 Å².